The van der Waals surface area contributed by atoms with E-state index in [1.807, 2.05) is 13.0 Å². The number of hydrogen-bond acceptors (Lipinski definition) is 3. The van der Waals surface area contributed by atoms with E-state index in [9.17, 15) is 4.79 Å². The second-order valence-corrected chi connectivity index (χ2v) is 2.34. The van der Waals surface area contributed by atoms with Gasteiger partial charge in [0.05, 0.1) is 0 Å². The second kappa shape index (κ2) is 3.17. The van der Waals surface area contributed by atoms with Crippen molar-refractivity contribution in [1.82, 2.24) is 0 Å². The zero-order chi connectivity index (χ0) is 8.27. The summed E-state index contributed by atoms with van der Waals surface area (Å²) in [5.74, 6) is 1.53. The molecule has 1 aromatic rings. The number of aliphatic imine (C=N–C) groups is 1. The van der Waals surface area contributed by atoms with Crippen LogP contribution >= 0.6 is 0 Å². The van der Waals surface area contributed by atoms with Gasteiger partial charge in [0.15, 0.2) is 0 Å². The van der Waals surface area contributed by atoms with Crippen molar-refractivity contribution in [3.05, 3.63) is 23.7 Å². The molecule has 1 heterocycles. The van der Waals surface area contributed by atoms with Crippen molar-refractivity contribution < 1.29 is 9.21 Å². The first-order chi connectivity index (χ1) is 5.24. The highest BCUT2D eigenvalue weighted by molar-refractivity contribution is 5.34. The van der Waals surface area contributed by atoms with Gasteiger partial charge in [-0.25, -0.2) is 4.79 Å². The highest BCUT2D eigenvalue weighted by atomic mass is 16.3. The summed E-state index contributed by atoms with van der Waals surface area (Å²) >= 11 is 0. The van der Waals surface area contributed by atoms with E-state index in [-0.39, 0.29) is 6.04 Å². The molecule has 0 spiro atoms. The summed E-state index contributed by atoms with van der Waals surface area (Å²) in [6, 6.07) is 3.42. The summed E-state index contributed by atoms with van der Waals surface area (Å²) in [7, 11) is 0. The molecule has 0 saturated carbocycles. The van der Waals surface area contributed by atoms with Crippen LogP contribution in [0.4, 0.5) is 0 Å². The molecule has 1 aromatic heterocycles. The van der Waals surface area contributed by atoms with E-state index >= 15 is 0 Å². The minimum Gasteiger partial charge on any atom is -0.464 e. The SMILES string of the molecule is Cc1ccc([C@@H](C)N=C=O)o1. The van der Waals surface area contributed by atoms with Crippen LogP contribution in [-0.4, -0.2) is 6.08 Å². The largest absolute Gasteiger partial charge is 0.464 e. The zero-order valence-electron chi connectivity index (χ0n) is 6.50. The lowest BCUT2D eigenvalue weighted by atomic mass is 10.3. The van der Waals surface area contributed by atoms with Crippen molar-refractivity contribution in [3.63, 3.8) is 0 Å². The molecule has 0 aliphatic heterocycles. The maximum absolute atomic E-state index is 9.86. The monoisotopic (exact) mass is 151 g/mol. The van der Waals surface area contributed by atoms with Crippen molar-refractivity contribution in [1.29, 1.82) is 0 Å². The van der Waals surface area contributed by atoms with Crippen LogP contribution in [0.3, 0.4) is 0 Å². The molecular weight excluding hydrogens is 142 g/mol. The fourth-order valence-corrected chi connectivity index (χ4v) is 0.821. The van der Waals surface area contributed by atoms with Crippen molar-refractivity contribution in [3.8, 4) is 0 Å². The lowest BCUT2D eigenvalue weighted by Gasteiger charge is -1.96. The fourth-order valence-electron chi connectivity index (χ4n) is 0.821. The number of hydrogen-bond donors (Lipinski definition) is 0. The number of isocyanates is 1. The van der Waals surface area contributed by atoms with Gasteiger partial charge in [-0.05, 0) is 26.0 Å². The smallest absolute Gasteiger partial charge is 0.235 e. The molecule has 0 amide bonds. The molecule has 0 bridgehead atoms. The molecule has 58 valence electrons. The minimum absolute atomic E-state index is 0.221. The van der Waals surface area contributed by atoms with E-state index < -0.39 is 0 Å². The standard InChI is InChI=1S/C8H9NO2/c1-6-3-4-8(11-6)7(2)9-5-10/h3-4,7H,1-2H3/t7-/m1/s1. The molecule has 0 fully saturated rings. The molecule has 1 rings (SSSR count). The molecule has 0 unspecified atom stereocenters. The highest BCUT2D eigenvalue weighted by Crippen LogP contribution is 2.17. The van der Waals surface area contributed by atoms with E-state index in [0.717, 1.165) is 5.76 Å². The van der Waals surface area contributed by atoms with E-state index in [0.29, 0.717) is 5.76 Å². The average Bonchev–Trinajstić information content (AvgIpc) is 2.36. The molecule has 11 heavy (non-hydrogen) atoms. The quantitative estimate of drug-likeness (QED) is 0.479. The predicted octanol–water partition coefficient (Wildman–Crippen LogP) is 1.98. The Labute approximate surface area is 64.7 Å². The van der Waals surface area contributed by atoms with Gasteiger partial charge in [0.1, 0.15) is 17.6 Å². The van der Waals surface area contributed by atoms with Gasteiger partial charge in [-0.1, -0.05) is 0 Å². The third-order valence-electron chi connectivity index (χ3n) is 1.42. The topological polar surface area (TPSA) is 42.6 Å². The van der Waals surface area contributed by atoms with E-state index in [1.54, 1.807) is 13.0 Å². The Morgan fingerprint density at radius 3 is 2.82 bits per heavy atom. The summed E-state index contributed by atoms with van der Waals surface area (Å²) in [6.07, 6.45) is 1.49. The first-order valence-corrected chi connectivity index (χ1v) is 3.37. The number of furan rings is 1. The van der Waals surface area contributed by atoms with Crippen LogP contribution in [0, 0.1) is 6.92 Å². The lowest BCUT2D eigenvalue weighted by Crippen LogP contribution is -1.84. The summed E-state index contributed by atoms with van der Waals surface area (Å²) in [5.41, 5.74) is 0. The second-order valence-electron chi connectivity index (χ2n) is 2.34. The fraction of sp³-hybridized carbons (Fsp3) is 0.375. The van der Waals surface area contributed by atoms with E-state index in [2.05, 4.69) is 4.99 Å². The van der Waals surface area contributed by atoms with Crippen molar-refractivity contribution >= 4 is 6.08 Å². The van der Waals surface area contributed by atoms with Crippen molar-refractivity contribution in [2.75, 3.05) is 0 Å². The maximum atomic E-state index is 9.86. The van der Waals surface area contributed by atoms with E-state index in [1.165, 1.54) is 6.08 Å². The Hall–Kier alpha value is -1.34. The van der Waals surface area contributed by atoms with Crippen LogP contribution in [0.25, 0.3) is 0 Å². The first kappa shape index (κ1) is 7.76. The van der Waals surface area contributed by atoms with Gasteiger partial charge >= 0.3 is 0 Å². The van der Waals surface area contributed by atoms with Crippen LogP contribution in [0.2, 0.25) is 0 Å². The highest BCUT2D eigenvalue weighted by Gasteiger charge is 2.06. The Morgan fingerprint density at radius 2 is 2.36 bits per heavy atom. The Bertz CT molecular complexity index is 284. The summed E-state index contributed by atoms with van der Waals surface area (Å²) in [6.45, 7) is 3.63. The molecule has 0 radical (unpaired) electrons. The van der Waals surface area contributed by atoms with Crippen LogP contribution in [0.1, 0.15) is 24.5 Å². The number of aryl methyl sites for hydroxylation is 1. The minimum atomic E-state index is -0.221. The zero-order valence-corrected chi connectivity index (χ0v) is 6.50. The average molecular weight is 151 g/mol. The van der Waals surface area contributed by atoms with Crippen LogP contribution in [0.15, 0.2) is 21.5 Å². The van der Waals surface area contributed by atoms with Gasteiger partial charge in [-0.15, -0.1) is 0 Å². The summed E-state index contributed by atoms with van der Waals surface area (Å²) in [5, 5.41) is 0. The molecule has 0 aliphatic carbocycles. The third-order valence-corrected chi connectivity index (χ3v) is 1.42. The van der Waals surface area contributed by atoms with Crippen LogP contribution < -0.4 is 0 Å². The normalized spacial score (nSPS) is 12.2. The Morgan fingerprint density at radius 1 is 1.64 bits per heavy atom. The number of nitrogens with zero attached hydrogens (tertiary/aromatic N) is 1. The molecular formula is C8H9NO2. The summed E-state index contributed by atoms with van der Waals surface area (Å²) in [4.78, 5) is 13.4. The van der Waals surface area contributed by atoms with E-state index in [4.69, 9.17) is 4.42 Å². The molecule has 0 aliphatic rings. The third kappa shape index (κ3) is 1.79. The number of carbonyl (C=O) groups excluding carboxylic acids is 1. The van der Waals surface area contributed by atoms with Crippen LogP contribution in [-0.2, 0) is 4.79 Å². The lowest BCUT2D eigenvalue weighted by molar-refractivity contribution is 0.456. The van der Waals surface area contributed by atoms with Gasteiger partial charge in [0.25, 0.3) is 0 Å². The molecule has 0 aromatic carbocycles. The Kier molecular flexibility index (Phi) is 2.24. The van der Waals surface area contributed by atoms with Gasteiger partial charge in [-0.2, -0.15) is 4.99 Å². The van der Waals surface area contributed by atoms with Crippen LogP contribution in [0.5, 0.6) is 0 Å². The first-order valence-electron chi connectivity index (χ1n) is 3.37. The number of rotatable bonds is 2. The molecule has 3 nitrogen and oxygen atoms in total. The van der Waals surface area contributed by atoms with Gasteiger partial charge in [-0.3, -0.25) is 0 Å². The molecule has 3 heteroatoms. The molecule has 0 N–H and O–H groups in total. The van der Waals surface area contributed by atoms with Gasteiger partial charge in [0, 0.05) is 0 Å². The summed E-state index contributed by atoms with van der Waals surface area (Å²) < 4.78 is 5.23. The van der Waals surface area contributed by atoms with Crippen molar-refractivity contribution in [2.24, 2.45) is 4.99 Å². The van der Waals surface area contributed by atoms with Gasteiger partial charge in [0.2, 0.25) is 6.08 Å². The molecule has 0 saturated heterocycles. The van der Waals surface area contributed by atoms with Crippen molar-refractivity contribution in [2.45, 2.75) is 19.9 Å². The Balaban J connectivity index is 2.84. The maximum Gasteiger partial charge on any atom is 0.235 e. The predicted molar refractivity (Wildman–Crippen MR) is 40.0 cm³/mol. The molecule has 1 atom stereocenters. The van der Waals surface area contributed by atoms with Gasteiger partial charge < -0.3 is 4.42 Å².